The van der Waals surface area contributed by atoms with Gasteiger partial charge in [-0.1, -0.05) is 0 Å². The van der Waals surface area contributed by atoms with E-state index < -0.39 is 11.4 Å². The largest absolute Gasteiger partial charge is 0.598 e. The molecule has 0 aliphatic carbocycles. The summed E-state index contributed by atoms with van der Waals surface area (Å²) in [7, 11) is 0. The first-order valence-electron chi connectivity index (χ1n) is 6.46. The van der Waals surface area contributed by atoms with Crippen molar-refractivity contribution in [3.63, 3.8) is 0 Å². The quantitative estimate of drug-likeness (QED) is 0.778. The molecule has 0 saturated carbocycles. The summed E-state index contributed by atoms with van der Waals surface area (Å²) in [6.07, 6.45) is 2.87. The molecule has 4 nitrogen and oxygen atoms in total. The molecule has 0 radical (unpaired) electrons. The molecule has 0 bridgehead atoms. The van der Waals surface area contributed by atoms with Crippen LogP contribution < -0.4 is 4.72 Å². The van der Waals surface area contributed by atoms with Crippen LogP contribution in [-0.4, -0.2) is 39.2 Å². The summed E-state index contributed by atoms with van der Waals surface area (Å²) in [4.78, 5) is 6.64. The average molecular weight is 269 g/mol. The van der Waals surface area contributed by atoms with Gasteiger partial charge in [0.1, 0.15) is 4.75 Å². The Morgan fingerprint density at radius 2 is 2.17 bits per heavy atom. The minimum absolute atomic E-state index is 0.214. The Morgan fingerprint density at radius 1 is 1.50 bits per heavy atom. The minimum atomic E-state index is -1.00. The van der Waals surface area contributed by atoms with Gasteiger partial charge in [0, 0.05) is 30.0 Å². The molecule has 0 aromatic carbocycles. The fourth-order valence-corrected chi connectivity index (χ4v) is 3.02. The van der Waals surface area contributed by atoms with Crippen LogP contribution in [0.2, 0.25) is 0 Å². The Balaban J connectivity index is 2.03. The summed E-state index contributed by atoms with van der Waals surface area (Å²) in [5, 5.41) is 0. The SMILES string of the molecule is CC1=C2C[C@H](N[S+]([O-])C(C)(C)C)CN2C=N[C@H]1C. The highest BCUT2D eigenvalue weighted by Gasteiger charge is 2.35. The fraction of sp³-hybridized carbons (Fsp3) is 0.769. The summed E-state index contributed by atoms with van der Waals surface area (Å²) in [6.45, 7) is 11.1. The van der Waals surface area contributed by atoms with Gasteiger partial charge >= 0.3 is 0 Å². The van der Waals surface area contributed by atoms with Crippen molar-refractivity contribution in [1.82, 2.24) is 9.62 Å². The molecule has 1 saturated heterocycles. The standard InChI is InChI=1S/C13H23N3OS/c1-9-10(2)14-8-16-7-11(6-12(9)16)15-18(17)13(3,4)5/h8,10-11,15H,6-7H2,1-5H3/t10-,11-,18?/m0/s1. The third-order valence-corrected chi connectivity index (χ3v) is 5.20. The molecule has 1 fully saturated rings. The van der Waals surface area contributed by atoms with E-state index in [4.69, 9.17) is 0 Å². The van der Waals surface area contributed by atoms with Crippen LogP contribution in [0, 0.1) is 0 Å². The van der Waals surface area contributed by atoms with Gasteiger partial charge in [0.05, 0.1) is 18.4 Å². The predicted molar refractivity (Wildman–Crippen MR) is 76.8 cm³/mol. The third-order valence-electron chi connectivity index (χ3n) is 3.54. The van der Waals surface area contributed by atoms with Crippen molar-refractivity contribution >= 4 is 17.7 Å². The molecular formula is C13H23N3OS. The fourth-order valence-electron chi connectivity index (χ4n) is 2.21. The lowest BCUT2D eigenvalue weighted by atomic mass is 10.1. The van der Waals surface area contributed by atoms with Crippen molar-refractivity contribution in [3.8, 4) is 0 Å². The van der Waals surface area contributed by atoms with Gasteiger partial charge in [-0.25, -0.2) is 0 Å². The second-order valence-corrected chi connectivity index (χ2v) is 8.12. The second kappa shape index (κ2) is 4.87. The van der Waals surface area contributed by atoms with E-state index in [1.165, 1.54) is 11.3 Å². The van der Waals surface area contributed by atoms with Crippen molar-refractivity contribution in [3.05, 3.63) is 11.3 Å². The third kappa shape index (κ3) is 2.73. The number of rotatable bonds is 2. The molecule has 102 valence electrons. The average Bonchev–Trinajstić information content (AvgIpc) is 2.66. The molecule has 0 spiro atoms. The normalized spacial score (nSPS) is 29.8. The second-order valence-electron chi connectivity index (χ2n) is 6.12. The zero-order valence-electron chi connectivity index (χ0n) is 11.9. The zero-order valence-corrected chi connectivity index (χ0v) is 12.7. The van der Waals surface area contributed by atoms with E-state index in [9.17, 15) is 4.55 Å². The van der Waals surface area contributed by atoms with Crippen LogP contribution in [0.5, 0.6) is 0 Å². The topological polar surface area (TPSA) is 50.7 Å². The van der Waals surface area contributed by atoms with E-state index in [0.29, 0.717) is 0 Å². The van der Waals surface area contributed by atoms with E-state index in [1.807, 2.05) is 27.1 Å². The first kappa shape index (κ1) is 13.9. The molecule has 2 heterocycles. The van der Waals surface area contributed by atoms with Gasteiger partial charge in [-0.05, 0) is 40.2 Å². The lowest BCUT2D eigenvalue weighted by Crippen LogP contribution is -2.45. The van der Waals surface area contributed by atoms with E-state index in [2.05, 4.69) is 28.5 Å². The van der Waals surface area contributed by atoms with Crippen LogP contribution in [0.25, 0.3) is 0 Å². The predicted octanol–water partition coefficient (Wildman–Crippen LogP) is 1.82. The van der Waals surface area contributed by atoms with Gasteiger partial charge < -0.3 is 9.45 Å². The molecule has 5 heteroatoms. The number of hydrogen-bond acceptors (Lipinski definition) is 4. The van der Waals surface area contributed by atoms with Gasteiger partial charge in [0.2, 0.25) is 0 Å². The summed E-state index contributed by atoms with van der Waals surface area (Å²) < 4.78 is 15.1. The molecule has 3 atom stereocenters. The minimum Gasteiger partial charge on any atom is -0.598 e. The van der Waals surface area contributed by atoms with Crippen LogP contribution in [0.4, 0.5) is 0 Å². The summed E-state index contributed by atoms with van der Waals surface area (Å²) in [5.74, 6) is 0. The maximum absolute atomic E-state index is 12.1. The Hall–Kier alpha value is -0.520. The Labute approximate surface area is 113 Å². The van der Waals surface area contributed by atoms with E-state index >= 15 is 0 Å². The lowest BCUT2D eigenvalue weighted by molar-refractivity contribution is 0.505. The van der Waals surface area contributed by atoms with Gasteiger partial charge in [-0.2, -0.15) is 0 Å². The van der Waals surface area contributed by atoms with Crippen LogP contribution in [0.3, 0.4) is 0 Å². The molecule has 1 N–H and O–H groups in total. The molecule has 0 amide bonds. The highest BCUT2D eigenvalue weighted by Crippen LogP contribution is 2.29. The monoisotopic (exact) mass is 269 g/mol. The molecule has 18 heavy (non-hydrogen) atoms. The molecule has 2 aliphatic heterocycles. The van der Waals surface area contributed by atoms with Gasteiger partial charge in [-0.3, -0.25) is 4.99 Å². The van der Waals surface area contributed by atoms with Crippen molar-refractivity contribution in [1.29, 1.82) is 0 Å². The first-order valence-corrected chi connectivity index (χ1v) is 7.61. The molecule has 0 aromatic rings. The van der Waals surface area contributed by atoms with Gasteiger partial charge in [-0.15, -0.1) is 4.72 Å². The molecule has 2 aliphatic rings. The molecule has 2 rings (SSSR count). The molecule has 1 unspecified atom stereocenters. The Kier molecular flexibility index (Phi) is 3.76. The van der Waals surface area contributed by atoms with Crippen molar-refractivity contribution < 1.29 is 4.55 Å². The Bertz CT molecular complexity index is 386. The van der Waals surface area contributed by atoms with Gasteiger partial charge in [0.25, 0.3) is 0 Å². The number of fused-ring (bicyclic) bond motifs is 1. The summed E-state index contributed by atoms with van der Waals surface area (Å²) in [5.41, 5.74) is 2.68. The van der Waals surface area contributed by atoms with Crippen molar-refractivity contribution in [2.75, 3.05) is 6.54 Å². The van der Waals surface area contributed by atoms with Crippen molar-refractivity contribution in [2.45, 2.75) is 57.9 Å². The summed E-state index contributed by atoms with van der Waals surface area (Å²) >= 11 is -1.00. The van der Waals surface area contributed by atoms with Crippen LogP contribution in [-0.2, 0) is 11.4 Å². The maximum Gasteiger partial charge on any atom is 0.136 e. The highest BCUT2D eigenvalue weighted by molar-refractivity contribution is 7.90. The van der Waals surface area contributed by atoms with E-state index in [0.717, 1.165) is 13.0 Å². The van der Waals surface area contributed by atoms with Crippen molar-refractivity contribution in [2.24, 2.45) is 4.99 Å². The van der Waals surface area contributed by atoms with Crippen LogP contribution in [0.1, 0.15) is 41.0 Å². The van der Waals surface area contributed by atoms with Crippen LogP contribution in [0.15, 0.2) is 16.3 Å². The van der Waals surface area contributed by atoms with Gasteiger partial charge in [0.15, 0.2) is 0 Å². The smallest absolute Gasteiger partial charge is 0.136 e. The zero-order chi connectivity index (χ0) is 13.5. The first-order chi connectivity index (χ1) is 8.29. The number of nitrogens with zero attached hydrogens (tertiary/aromatic N) is 2. The van der Waals surface area contributed by atoms with Crippen LogP contribution >= 0.6 is 0 Å². The number of aliphatic imine (C=N–C) groups is 1. The van der Waals surface area contributed by atoms with E-state index in [1.54, 1.807) is 0 Å². The van der Waals surface area contributed by atoms with E-state index in [-0.39, 0.29) is 16.8 Å². The number of nitrogens with one attached hydrogen (secondary N) is 1. The Morgan fingerprint density at radius 3 is 2.78 bits per heavy atom. The molecule has 0 aromatic heterocycles. The maximum atomic E-state index is 12.1. The number of hydrogen-bond donors (Lipinski definition) is 1. The molecular weight excluding hydrogens is 246 g/mol. The lowest BCUT2D eigenvalue weighted by Gasteiger charge is -2.26. The highest BCUT2D eigenvalue weighted by atomic mass is 32.2. The summed E-state index contributed by atoms with van der Waals surface area (Å²) in [6, 6.07) is 0.537.